The van der Waals surface area contributed by atoms with Crippen LogP contribution in [-0.4, -0.2) is 24.3 Å². The first-order valence-electron chi connectivity index (χ1n) is 11.0. The van der Waals surface area contributed by atoms with E-state index >= 15 is 0 Å². The van der Waals surface area contributed by atoms with Gasteiger partial charge in [-0.25, -0.2) is 4.79 Å². The van der Waals surface area contributed by atoms with Crippen LogP contribution < -0.4 is 20.1 Å². The molecule has 0 bridgehead atoms. The Morgan fingerprint density at radius 3 is 2.18 bits per heavy atom. The van der Waals surface area contributed by atoms with Crippen molar-refractivity contribution in [2.45, 2.75) is 39.4 Å². The standard InChI is InChI=1S/C27H30N2O5/c1-27(2,3)34-25(30)17-20-13-15-22(16-14-20)33-19-28-26(31)29-23-11-7-8-12-24(23)32-18-21-9-5-4-6-10-21/h4-16H,17-19H2,1-3H3,(H2,28,29,31). The Hall–Kier alpha value is -4.00. The van der Waals surface area contributed by atoms with Gasteiger partial charge in [-0.1, -0.05) is 54.6 Å². The van der Waals surface area contributed by atoms with E-state index in [-0.39, 0.29) is 19.1 Å². The highest BCUT2D eigenvalue weighted by Gasteiger charge is 2.16. The number of ether oxygens (including phenoxy) is 3. The van der Waals surface area contributed by atoms with Crippen LogP contribution in [0.3, 0.4) is 0 Å². The van der Waals surface area contributed by atoms with Crippen LogP contribution in [0.4, 0.5) is 10.5 Å². The molecular formula is C27H30N2O5. The normalized spacial score (nSPS) is 10.8. The molecule has 0 radical (unpaired) electrons. The summed E-state index contributed by atoms with van der Waals surface area (Å²) in [6.07, 6.45) is 0.184. The number of amides is 2. The zero-order chi connectivity index (χ0) is 24.4. The molecule has 0 spiro atoms. The van der Waals surface area contributed by atoms with E-state index in [2.05, 4.69) is 10.6 Å². The maximum Gasteiger partial charge on any atom is 0.321 e. The average molecular weight is 463 g/mol. The first kappa shape index (κ1) is 24.6. The van der Waals surface area contributed by atoms with Crippen LogP contribution >= 0.6 is 0 Å². The van der Waals surface area contributed by atoms with Crippen molar-refractivity contribution in [3.8, 4) is 11.5 Å². The van der Waals surface area contributed by atoms with Crippen LogP contribution in [0, 0.1) is 0 Å². The summed E-state index contributed by atoms with van der Waals surface area (Å²) in [4.78, 5) is 24.2. The van der Waals surface area contributed by atoms with Crippen LogP contribution in [0.15, 0.2) is 78.9 Å². The summed E-state index contributed by atoms with van der Waals surface area (Å²) < 4.78 is 16.8. The number of para-hydroxylation sites is 2. The Bertz CT molecular complexity index is 1080. The van der Waals surface area contributed by atoms with Gasteiger partial charge in [0.25, 0.3) is 0 Å². The van der Waals surface area contributed by atoms with E-state index in [1.807, 2.05) is 63.2 Å². The summed E-state index contributed by atoms with van der Waals surface area (Å²) in [6, 6.07) is 23.7. The van der Waals surface area contributed by atoms with Crippen molar-refractivity contribution in [2.75, 3.05) is 12.0 Å². The van der Waals surface area contributed by atoms with E-state index in [0.717, 1.165) is 11.1 Å². The summed E-state index contributed by atoms with van der Waals surface area (Å²) in [5.41, 5.74) is 1.90. The molecule has 0 aromatic heterocycles. The van der Waals surface area contributed by atoms with Crippen LogP contribution in [0.25, 0.3) is 0 Å². The van der Waals surface area contributed by atoms with Crippen molar-refractivity contribution in [3.63, 3.8) is 0 Å². The minimum absolute atomic E-state index is 0.0235. The van der Waals surface area contributed by atoms with Gasteiger partial charge in [-0.3, -0.25) is 4.79 Å². The molecule has 0 saturated heterocycles. The predicted octanol–water partition coefficient (Wildman–Crippen LogP) is 5.31. The molecule has 0 fully saturated rings. The number of rotatable bonds is 9. The fourth-order valence-corrected chi connectivity index (χ4v) is 3.03. The molecule has 7 nitrogen and oxygen atoms in total. The van der Waals surface area contributed by atoms with Gasteiger partial charge in [0, 0.05) is 0 Å². The summed E-state index contributed by atoms with van der Waals surface area (Å²) in [7, 11) is 0. The number of hydrogen-bond acceptors (Lipinski definition) is 5. The Morgan fingerprint density at radius 2 is 1.47 bits per heavy atom. The number of carbonyl (C=O) groups is 2. The molecule has 0 atom stereocenters. The first-order valence-corrected chi connectivity index (χ1v) is 11.0. The Labute approximate surface area is 200 Å². The van der Waals surface area contributed by atoms with Crippen LogP contribution in [-0.2, 0) is 22.6 Å². The molecule has 0 aliphatic rings. The first-order chi connectivity index (χ1) is 16.3. The van der Waals surface area contributed by atoms with E-state index in [1.54, 1.807) is 36.4 Å². The van der Waals surface area contributed by atoms with Crippen molar-refractivity contribution in [3.05, 3.63) is 90.0 Å². The summed E-state index contributed by atoms with van der Waals surface area (Å²) in [5.74, 6) is 0.857. The molecular weight excluding hydrogens is 432 g/mol. The monoisotopic (exact) mass is 462 g/mol. The number of nitrogens with one attached hydrogen (secondary N) is 2. The molecule has 178 valence electrons. The van der Waals surface area contributed by atoms with E-state index < -0.39 is 11.6 Å². The lowest BCUT2D eigenvalue weighted by Gasteiger charge is -2.19. The summed E-state index contributed by atoms with van der Waals surface area (Å²) >= 11 is 0. The molecule has 0 heterocycles. The maximum atomic E-state index is 12.3. The summed E-state index contributed by atoms with van der Waals surface area (Å²) in [5, 5.41) is 5.43. The second-order valence-electron chi connectivity index (χ2n) is 8.60. The van der Waals surface area contributed by atoms with Crippen LogP contribution in [0.5, 0.6) is 11.5 Å². The number of hydrogen-bond donors (Lipinski definition) is 2. The number of carbonyl (C=O) groups excluding carboxylic acids is 2. The minimum atomic E-state index is -0.513. The van der Waals surface area contributed by atoms with E-state index in [1.165, 1.54) is 0 Å². The SMILES string of the molecule is CC(C)(C)OC(=O)Cc1ccc(OCNC(=O)Nc2ccccc2OCc2ccccc2)cc1. The second-order valence-corrected chi connectivity index (χ2v) is 8.60. The third kappa shape index (κ3) is 8.50. The quantitative estimate of drug-likeness (QED) is 0.333. The molecule has 2 amide bonds. The highest BCUT2D eigenvalue weighted by Crippen LogP contribution is 2.24. The van der Waals surface area contributed by atoms with Crippen molar-refractivity contribution < 1.29 is 23.8 Å². The number of esters is 1. The Morgan fingerprint density at radius 1 is 0.794 bits per heavy atom. The zero-order valence-corrected chi connectivity index (χ0v) is 19.7. The molecule has 2 N–H and O–H groups in total. The van der Waals surface area contributed by atoms with Gasteiger partial charge < -0.3 is 24.8 Å². The molecule has 3 aromatic rings. The molecule has 0 unspecified atom stereocenters. The lowest BCUT2D eigenvalue weighted by atomic mass is 10.1. The van der Waals surface area contributed by atoms with Gasteiger partial charge in [0.1, 0.15) is 23.7 Å². The molecule has 34 heavy (non-hydrogen) atoms. The molecule has 0 saturated carbocycles. The van der Waals surface area contributed by atoms with Gasteiger partial charge >= 0.3 is 12.0 Å². The molecule has 0 aliphatic heterocycles. The van der Waals surface area contributed by atoms with E-state index in [9.17, 15) is 9.59 Å². The number of urea groups is 1. The third-order valence-corrected chi connectivity index (χ3v) is 4.54. The van der Waals surface area contributed by atoms with Gasteiger partial charge in [-0.15, -0.1) is 0 Å². The van der Waals surface area contributed by atoms with Crippen molar-refractivity contribution in [2.24, 2.45) is 0 Å². The fraction of sp³-hybridized carbons (Fsp3) is 0.259. The molecule has 3 aromatic carbocycles. The number of anilines is 1. The zero-order valence-electron chi connectivity index (χ0n) is 19.7. The lowest BCUT2D eigenvalue weighted by molar-refractivity contribution is -0.153. The largest absolute Gasteiger partial charge is 0.487 e. The van der Waals surface area contributed by atoms with E-state index in [0.29, 0.717) is 23.8 Å². The van der Waals surface area contributed by atoms with Crippen LogP contribution in [0.2, 0.25) is 0 Å². The van der Waals surface area contributed by atoms with Gasteiger partial charge in [-0.05, 0) is 56.2 Å². The molecule has 0 aliphatic carbocycles. The second kappa shape index (κ2) is 11.7. The van der Waals surface area contributed by atoms with E-state index in [4.69, 9.17) is 14.2 Å². The highest BCUT2D eigenvalue weighted by atomic mass is 16.6. The van der Waals surface area contributed by atoms with Crippen LogP contribution in [0.1, 0.15) is 31.9 Å². The topological polar surface area (TPSA) is 85.9 Å². The fourth-order valence-electron chi connectivity index (χ4n) is 3.03. The maximum absolute atomic E-state index is 12.3. The summed E-state index contributed by atoms with van der Waals surface area (Å²) in [6.45, 7) is 5.88. The Kier molecular flexibility index (Phi) is 8.51. The molecule has 3 rings (SSSR count). The lowest BCUT2D eigenvalue weighted by Crippen LogP contribution is -2.32. The van der Waals surface area contributed by atoms with Gasteiger partial charge in [-0.2, -0.15) is 0 Å². The molecule has 7 heteroatoms. The third-order valence-electron chi connectivity index (χ3n) is 4.54. The smallest absolute Gasteiger partial charge is 0.321 e. The van der Waals surface area contributed by atoms with Crippen molar-refractivity contribution in [1.29, 1.82) is 0 Å². The van der Waals surface area contributed by atoms with Crippen molar-refractivity contribution in [1.82, 2.24) is 5.32 Å². The number of benzene rings is 3. The van der Waals surface area contributed by atoms with Gasteiger partial charge in [0.2, 0.25) is 0 Å². The minimum Gasteiger partial charge on any atom is -0.487 e. The van der Waals surface area contributed by atoms with Gasteiger partial charge in [0.05, 0.1) is 12.1 Å². The van der Waals surface area contributed by atoms with Gasteiger partial charge in [0.15, 0.2) is 6.73 Å². The average Bonchev–Trinajstić information content (AvgIpc) is 2.79. The van der Waals surface area contributed by atoms with Crippen molar-refractivity contribution >= 4 is 17.7 Å². The predicted molar refractivity (Wildman–Crippen MR) is 131 cm³/mol. The Balaban J connectivity index is 1.44. The highest BCUT2D eigenvalue weighted by molar-refractivity contribution is 5.90.